The molecule has 0 aliphatic carbocycles. The van der Waals surface area contributed by atoms with E-state index in [4.69, 9.17) is 0 Å². The number of halogens is 3. The molecule has 0 N–H and O–H groups in total. The Hall–Kier alpha value is -3.43. The molecule has 7 nitrogen and oxygen atoms in total. The summed E-state index contributed by atoms with van der Waals surface area (Å²) in [5.74, 6) is 0.670. The van der Waals surface area contributed by atoms with Crippen molar-refractivity contribution in [1.29, 1.82) is 0 Å². The van der Waals surface area contributed by atoms with Gasteiger partial charge in [0.15, 0.2) is 5.82 Å². The monoisotopic (exact) mass is 402 g/mol. The third kappa shape index (κ3) is 3.91. The van der Waals surface area contributed by atoms with Crippen LogP contribution in [0.2, 0.25) is 0 Å². The SMILES string of the molecule is O=C(c1ccccc1C(F)(F)F)N1CCN(c2cc(-n3cccn3)ncn2)CC1. The molecule has 0 spiro atoms. The summed E-state index contributed by atoms with van der Waals surface area (Å²) in [4.78, 5) is 24.6. The Bertz CT molecular complexity index is 997. The highest BCUT2D eigenvalue weighted by Gasteiger charge is 2.36. The molecular weight excluding hydrogens is 385 g/mol. The highest BCUT2D eigenvalue weighted by molar-refractivity contribution is 5.96. The molecule has 0 unspecified atom stereocenters. The lowest BCUT2D eigenvalue weighted by molar-refractivity contribution is -0.138. The van der Waals surface area contributed by atoms with Crippen molar-refractivity contribution >= 4 is 11.7 Å². The molecule has 150 valence electrons. The molecule has 2 aromatic heterocycles. The van der Waals surface area contributed by atoms with Gasteiger partial charge in [0.25, 0.3) is 5.91 Å². The van der Waals surface area contributed by atoms with Gasteiger partial charge in [0, 0.05) is 44.6 Å². The first-order valence-corrected chi connectivity index (χ1v) is 8.96. The summed E-state index contributed by atoms with van der Waals surface area (Å²) in [7, 11) is 0. The van der Waals surface area contributed by atoms with Crippen LogP contribution in [-0.2, 0) is 6.18 Å². The molecule has 1 saturated heterocycles. The van der Waals surface area contributed by atoms with Crippen LogP contribution in [0, 0.1) is 0 Å². The number of hydrogen-bond donors (Lipinski definition) is 0. The molecule has 1 aliphatic heterocycles. The fourth-order valence-corrected chi connectivity index (χ4v) is 3.27. The molecule has 4 rings (SSSR count). The third-order valence-electron chi connectivity index (χ3n) is 4.73. The summed E-state index contributed by atoms with van der Waals surface area (Å²) in [5.41, 5.74) is -1.23. The van der Waals surface area contributed by atoms with E-state index in [1.807, 2.05) is 4.90 Å². The van der Waals surface area contributed by atoms with Crippen molar-refractivity contribution in [3.05, 3.63) is 66.2 Å². The number of hydrogen-bond acceptors (Lipinski definition) is 5. The van der Waals surface area contributed by atoms with E-state index in [2.05, 4.69) is 15.1 Å². The second kappa shape index (κ2) is 7.53. The molecule has 0 atom stereocenters. The van der Waals surface area contributed by atoms with Gasteiger partial charge < -0.3 is 9.80 Å². The molecule has 3 heterocycles. The van der Waals surface area contributed by atoms with E-state index in [-0.39, 0.29) is 5.56 Å². The summed E-state index contributed by atoms with van der Waals surface area (Å²) in [6.45, 7) is 1.50. The van der Waals surface area contributed by atoms with Gasteiger partial charge in [-0.15, -0.1) is 0 Å². The second-order valence-corrected chi connectivity index (χ2v) is 6.51. The maximum atomic E-state index is 13.2. The second-order valence-electron chi connectivity index (χ2n) is 6.51. The molecule has 0 radical (unpaired) electrons. The Balaban J connectivity index is 1.47. The summed E-state index contributed by atoms with van der Waals surface area (Å²) in [6, 6.07) is 8.44. The van der Waals surface area contributed by atoms with E-state index in [0.717, 1.165) is 6.07 Å². The Morgan fingerprint density at radius 3 is 2.38 bits per heavy atom. The molecule has 3 aromatic rings. The van der Waals surface area contributed by atoms with Crippen molar-refractivity contribution < 1.29 is 18.0 Å². The minimum atomic E-state index is -4.57. The summed E-state index contributed by atoms with van der Waals surface area (Å²) in [5, 5.41) is 4.13. The molecule has 1 fully saturated rings. The maximum Gasteiger partial charge on any atom is 0.417 e. The third-order valence-corrected chi connectivity index (χ3v) is 4.73. The Morgan fingerprint density at radius 2 is 1.69 bits per heavy atom. The highest BCUT2D eigenvalue weighted by Crippen LogP contribution is 2.32. The zero-order chi connectivity index (χ0) is 20.4. The topological polar surface area (TPSA) is 67.2 Å². The number of nitrogens with zero attached hydrogens (tertiary/aromatic N) is 6. The Labute approximate surface area is 164 Å². The van der Waals surface area contributed by atoms with Gasteiger partial charge in [-0.2, -0.15) is 18.3 Å². The van der Waals surface area contributed by atoms with E-state index < -0.39 is 17.6 Å². The smallest absolute Gasteiger partial charge is 0.353 e. The molecule has 1 aromatic carbocycles. The lowest BCUT2D eigenvalue weighted by Gasteiger charge is -2.35. The summed E-state index contributed by atoms with van der Waals surface area (Å²) >= 11 is 0. The van der Waals surface area contributed by atoms with Crippen molar-refractivity contribution in [2.45, 2.75) is 6.18 Å². The number of amides is 1. The number of piperazine rings is 1. The van der Waals surface area contributed by atoms with Crippen molar-refractivity contribution in [2.75, 3.05) is 31.1 Å². The lowest BCUT2D eigenvalue weighted by Crippen LogP contribution is -2.49. The lowest BCUT2D eigenvalue weighted by atomic mass is 10.1. The zero-order valence-corrected chi connectivity index (χ0v) is 15.3. The van der Waals surface area contributed by atoms with Gasteiger partial charge >= 0.3 is 6.18 Å². The first-order valence-electron chi connectivity index (χ1n) is 8.96. The Kier molecular flexibility index (Phi) is 4.91. The van der Waals surface area contributed by atoms with Crippen LogP contribution in [0.1, 0.15) is 15.9 Å². The number of carbonyl (C=O) groups excluding carboxylic acids is 1. The van der Waals surface area contributed by atoms with E-state index >= 15 is 0 Å². The van der Waals surface area contributed by atoms with Crippen LogP contribution < -0.4 is 4.90 Å². The first-order chi connectivity index (χ1) is 13.9. The number of aromatic nitrogens is 4. The Morgan fingerprint density at radius 1 is 0.966 bits per heavy atom. The fraction of sp³-hybridized carbons (Fsp3) is 0.263. The highest BCUT2D eigenvalue weighted by atomic mass is 19.4. The van der Waals surface area contributed by atoms with Crippen LogP contribution in [0.5, 0.6) is 0 Å². The van der Waals surface area contributed by atoms with Crippen LogP contribution in [-0.4, -0.2) is 56.7 Å². The quantitative estimate of drug-likeness (QED) is 0.674. The molecule has 1 amide bonds. The van der Waals surface area contributed by atoms with Gasteiger partial charge in [0.2, 0.25) is 0 Å². The number of benzene rings is 1. The molecule has 10 heteroatoms. The predicted molar refractivity (Wildman–Crippen MR) is 98.7 cm³/mol. The minimum Gasteiger partial charge on any atom is -0.353 e. The molecule has 29 heavy (non-hydrogen) atoms. The van der Waals surface area contributed by atoms with Gasteiger partial charge in [-0.05, 0) is 18.2 Å². The molecule has 0 saturated carbocycles. The van der Waals surface area contributed by atoms with Crippen molar-refractivity contribution in [3.8, 4) is 5.82 Å². The largest absolute Gasteiger partial charge is 0.417 e. The normalized spacial score (nSPS) is 14.9. The van der Waals surface area contributed by atoms with E-state index in [1.54, 1.807) is 29.2 Å². The number of rotatable bonds is 3. The van der Waals surface area contributed by atoms with Crippen molar-refractivity contribution in [2.24, 2.45) is 0 Å². The number of alkyl halides is 3. The fourth-order valence-electron chi connectivity index (χ4n) is 3.27. The number of anilines is 1. The van der Waals surface area contributed by atoms with Gasteiger partial charge in [-0.3, -0.25) is 4.79 Å². The van der Waals surface area contributed by atoms with Crippen LogP contribution in [0.25, 0.3) is 5.82 Å². The molecule has 1 aliphatic rings. The van der Waals surface area contributed by atoms with Gasteiger partial charge in [0.05, 0.1) is 11.1 Å². The summed E-state index contributed by atoms with van der Waals surface area (Å²) < 4.78 is 41.3. The van der Waals surface area contributed by atoms with Crippen LogP contribution in [0.4, 0.5) is 19.0 Å². The van der Waals surface area contributed by atoms with E-state index in [0.29, 0.717) is 37.8 Å². The zero-order valence-electron chi connectivity index (χ0n) is 15.3. The van der Waals surface area contributed by atoms with E-state index in [9.17, 15) is 18.0 Å². The maximum absolute atomic E-state index is 13.2. The summed E-state index contributed by atoms with van der Waals surface area (Å²) in [6.07, 6.45) is 0.271. The van der Waals surface area contributed by atoms with Crippen LogP contribution >= 0.6 is 0 Å². The molecule has 0 bridgehead atoms. The average Bonchev–Trinajstić information content (AvgIpc) is 3.28. The van der Waals surface area contributed by atoms with Crippen molar-refractivity contribution in [1.82, 2.24) is 24.6 Å². The first kappa shape index (κ1) is 18.9. The average molecular weight is 402 g/mol. The van der Waals surface area contributed by atoms with Gasteiger partial charge in [-0.25, -0.2) is 14.6 Å². The standard InChI is InChI=1S/C19H17F3N6O/c20-19(21,22)15-5-2-1-4-14(15)18(29)27-10-8-26(9-11-27)16-12-17(24-13-23-16)28-7-3-6-25-28/h1-7,12-13H,8-11H2. The predicted octanol–water partition coefficient (Wildman–Crippen LogP) is 2.64. The van der Waals surface area contributed by atoms with Gasteiger partial charge in [0.1, 0.15) is 12.1 Å². The van der Waals surface area contributed by atoms with Crippen LogP contribution in [0.3, 0.4) is 0 Å². The minimum absolute atomic E-state index is 0.298. The number of carbonyl (C=O) groups is 1. The van der Waals surface area contributed by atoms with Crippen LogP contribution in [0.15, 0.2) is 55.1 Å². The van der Waals surface area contributed by atoms with Gasteiger partial charge in [-0.1, -0.05) is 12.1 Å². The van der Waals surface area contributed by atoms with Crippen molar-refractivity contribution in [3.63, 3.8) is 0 Å². The van der Waals surface area contributed by atoms with E-state index in [1.165, 1.54) is 29.4 Å². The molecular formula is C19H17F3N6O.